The lowest BCUT2D eigenvalue weighted by Crippen LogP contribution is -2.59. The molecular weight excluding hydrogens is 240 g/mol. The maximum Gasteiger partial charge on any atom is 0.255 e. The van der Waals surface area contributed by atoms with E-state index in [2.05, 4.69) is 39.9 Å². The van der Waals surface area contributed by atoms with Crippen LogP contribution in [0.3, 0.4) is 0 Å². The minimum absolute atomic E-state index is 0.0687. The molecule has 0 aromatic rings. The fourth-order valence-electron chi connectivity index (χ4n) is 2.52. The summed E-state index contributed by atoms with van der Waals surface area (Å²) in [5.41, 5.74) is -1.14. The predicted molar refractivity (Wildman–Crippen MR) is 77.9 cm³/mol. The van der Waals surface area contributed by atoms with Crippen LogP contribution in [-0.2, 0) is 4.79 Å². The highest BCUT2D eigenvalue weighted by molar-refractivity contribution is 5.86. The summed E-state index contributed by atoms with van der Waals surface area (Å²) in [5.74, 6) is 0.415. The topological polar surface area (TPSA) is 52.6 Å². The first-order valence-electron chi connectivity index (χ1n) is 7.36. The molecule has 0 spiro atoms. The summed E-state index contributed by atoms with van der Waals surface area (Å²) in [7, 11) is 0. The average Bonchev–Trinajstić information content (AvgIpc) is 2.23. The largest absolute Gasteiger partial charge is 0.379 e. The summed E-state index contributed by atoms with van der Waals surface area (Å²) in [6.07, 6.45) is 1.44. The number of hydrogen-bond acceptors (Lipinski definition) is 3. The van der Waals surface area contributed by atoms with Crippen LogP contribution in [0.4, 0.5) is 0 Å². The predicted octanol–water partition coefficient (Wildman–Crippen LogP) is 1.63. The number of aliphatic hydroxyl groups is 1. The quantitative estimate of drug-likeness (QED) is 0.798. The molecular formula is C15H30N2O2. The van der Waals surface area contributed by atoms with Crippen LogP contribution in [0.25, 0.3) is 0 Å². The second-order valence-electron chi connectivity index (χ2n) is 7.45. The van der Waals surface area contributed by atoms with E-state index in [1.807, 2.05) is 4.90 Å². The van der Waals surface area contributed by atoms with Crippen molar-refractivity contribution in [1.82, 2.24) is 10.2 Å². The Morgan fingerprint density at radius 2 is 2.05 bits per heavy atom. The molecule has 0 aromatic carbocycles. The van der Waals surface area contributed by atoms with E-state index in [1.54, 1.807) is 0 Å². The van der Waals surface area contributed by atoms with Crippen molar-refractivity contribution in [2.75, 3.05) is 26.2 Å². The Kier molecular flexibility index (Phi) is 5.39. The van der Waals surface area contributed by atoms with Crippen molar-refractivity contribution in [3.8, 4) is 0 Å². The van der Waals surface area contributed by atoms with Gasteiger partial charge in [-0.15, -0.1) is 0 Å². The van der Waals surface area contributed by atoms with Crippen LogP contribution >= 0.6 is 0 Å². The van der Waals surface area contributed by atoms with E-state index in [0.29, 0.717) is 25.4 Å². The number of carbonyl (C=O) groups excluding carboxylic acids is 1. The van der Waals surface area contributed by atoms with E-state index in [1.165, 1.54) is 0 Å². The lowest BCUT2D eigenvalue weighted by molar-refractivity contribution is -0.158. The van der Waals surface area contributed by atoms with Crippen LogP contribution in [0, 0.1) is 11.3 Å². The van der Waals surface area contributed by atoms with Crippen molar-refractivity contribution in [3.05, 3.63) is 0 Å². The first kappa shape index (κ1) is 16.4. The molecule has 0 unspecified atom stereocenters. The van der Waals surface area contributed by atoms with Crippen molar-refractivity contribution in [3.63, 3.8) is 0 Å². The molecule has 1 aliphatic heterocycles. The maximum absolute atomic E-state index is 12.4. The molecule has 1 fully saturated rings. The SMILES string of the molecule is CC(C)CNC[C@@]1(O)CCCN(CC(C)(C)C)C1=O. The van der Waals surface area contributed by atoms with Crippen LogP contribution in [-0.4, -0.2) is 47.7 Å². The third kappa shape index (κ3) is 5.11. The number of piperidine rings is 1. The summed E-state index contributed by atoms with van der Waals surface area (Å²) >= 11 is 0. The number of carbonyl (C=O) groups is 1. The second-order valence-corrected chi connectivity index (χ2v) is 7.45. The lowest BCUT2D eigenvalue weighted by atomic mass is 9.88. The zero-order chi connectivity index (χ0) is 14.7. The van der Waals surface area contributed by atoms with E-state index in [4.69, 9.17) is 0 Å². The zero-order valence-electron chi connectivity index (χ0n) is 13.1. The van der Waals surface area contributed by atoms with Gasteiger partial charge in [-0.25, -0.2) is 0 Å². The molecule has 0 saturated carbocycles. The van der Waals surface area contributed by atoms with Gasteiger partial charge in [-0.2, -0.15) is 0 Å². The Balaban J connectivity index is 2.60. The highest BCUT2D eigenvalue weighted by atomic mass is 16.3. The van der Waals surface area contributed by atoms with Gasteiger partial charge in [-0.1, -0.05) is 34.6 Å². The zero-order valence-corrected chi connectivity index (χ0v) is 13.1. The van der Waals surface area contributed by atoms with Gasteiger partial charge in [0.05, 0.1) is 0 Å². The van der Waals surface area contributed by atoms with Gasteiger partial charge in [0.2, 0.25) is 0 Å². The molecule has 1 heterocycles. The number of likely N-dealkylation sites (tertiary alicyclic amines) is 1. The minimum Gasteiger partial charge on any atom is -0.379 e. The number of hydrogen-bond donors (Lipinski definition) is 2. The van der Waals surface area contributed by atoms with Gasteiger partial charge in [-0.05, 0) is 30.7 Å². The molecule has 4 nitrogen and oxygen atoms in total. The van der Waals surface area contributed by atoms with Gasteiger partial charge in [0, 0.05) is 19.6 Å². The summed E-state index contributed by atoms with van der Waals surface area (Å²) in [5, 5.41) is 13.8. The van der Waals surface area contributed by atoms with E-state index in [9.17, 15) is 9.90 Å². The molecule has 1 amide bonds. The minimum atomic E-state index is -1.21. The Morgan fingerprint density at radius 1 is 1.42 bits per heavy atom. The van der Waals surface area contributed by atoms with Gasteiger partial charge in [0.15, 0.2) is 5.60 Å². The highest BCUT2D eigenvalue weighted by Crippen LogP contribution is 2.25. The van der Waals surface area contributed by atoms with E-state index in [0.717, 1.165) is 19.5 Å². The van der Waals surface area contributed by atoms with Crippen LogP contribution in [0.15, 0.2) is 0 Å². The monoisotopic (exact) mass is 270 g/mol. The molecule has 1 rings (SSSR count). The smallest absolute Gasteiger partial charge is 0.255 e. The fourth-order valence-corrected chi connectivity index (χ4v) is 2.52. The number of rotatable bonds is 5. The van der Waals surface area contributed by atoms with E-state index in [-0.39, 0.29) is 11.3 Å². The summed E-state index contributed by atoms with van der Waals surface area (Å²) < 4.78 is 0. The Labute approximate surface area is 117 Å². The molecule has 1 saturated heterocycles. The second kappa shape index (κ2) is 6.23. The highest BCUT2D eigenvalue weighted by Gasteiger charge is 2.42. The summed E-state index contributed by atoms with van der Waals surface area (Å²) in [6.45, 7) is 13.2. The average molecular weight is 270 g/mol. The van der Waals surface area contributed by atoms with Gasteiger partial charge in [-0.3, -0.25) is 4.79 Å². The van der Waals surface area contributed by atoms with Crippen molar-refractivity contribution < 1.29 is 9.90 Å². The van der Waals surface area contributed by atoms with Crippen molar-refractivity contribution in [2.45, 2.75) is 53.1 Å². The van der Waals surface area contributed by atoms with Gasteiger partial charge in [0.1, 0.15) is 0 Å². The Morgan fingerprint density at radius 3 is 2.58 bits per heavy atom. The molecule has 0 aromatic heterocycles. The van der Waals surface area contributed by atoms with Gasteiger partial charge in [0.25, 0.3) is 5.91 Å². The molecule has 1 aliphatic rings. The van der Waals surface area contributed by atoms with Gasteiger partial charge < -0.3 is 15.3 Å². The molecule has 0 radical (unpaired) electrons. The number of nitrogens with one attached hydrogen (secondary N) is 1. The molecule has 0 aliphatic carbocycles. The van der Waals surface area contributed by atoms with Crippen LogP contribution in [0.2, 0.25) is 0 Å². The van der Waals surface area contributed by atoms with E-state index >= 15 is 0 Å². The molecule has 112 valence electrons. The first-order chi connectivity index (χ1) is 8.64. The van der Waals surface area contributed by atoms with Crippen molar-refractivity contribution in [2.24, 2.45) is 11.3 Å². The molecule has 0 bridgehead atoms. The van der Waals surface area contributed by atoms with E-state index < -0.39 is 5.60 Å². The maximum atomic E-state index is 12.4. The number of nitrogens with zero attached hydrogens (tertiary/aromatic N) is 1. The van der Waals surface area contributed by atoms with Crippen LogP contribution < -0.4 is 5.32 Å². The van der Waals surface area contributed by atoms with Crippen molar-refractivity contribution >= 4 is 5.91 Å². The Hall–Kier alpha value is -0.610. The van der Waals surface area contributed by atoms with Gasteiger partial charge >= 0.3 is 0 Å². The lowest BCUT2D eigenvalue weighted by Gasteiger charge is -2.41. The fraction of sp³-hybridized carbons (Fsp3) is 0.933. The molecule has 2 N–H and O–H groups in total. The molecule has 4 heteroatoms. The Bertz CT molecular complexity index is 310. The normalized spacial score (nSPS) is 25.2. The summed E-state index contributed by atoms with van der Waals surface area (Å²) in [4.78, 5) is 14.3. The third-order valence-corrected chi connectivity index (χ3v) is 3.34. The number of amides is 1. The van der Waals surface area contributed by atoms with Crippen LogP contribution in [0.5, 0.6) is 0 Å². The molecule has 1 atom stereocenters. The van der Waals surface area contributed by atoms with Crippen molar-refractivity contribution in [1.29, 1.82) is 0 Å². The standard InChI is InChI=1S/C15H30N2O2/c1-12(2)9-16-10-15(19)7-6-8-17(13(15)18)11-14(3,4)5/h12,16,19H,6-11H2,1-5H3/t15-/m0/s1. The first-order valence-corrected chi connectivity index (χ1v) is 7.36. The molecule has 19 heavy (non-hydrogen) atoms. The summed E-state index contributed by atoms with van der Waals surface area (Å²) in [6, 6.07) is 0. The van der Waals surface area contributed by atoms with Crippen LogP contribution in [0.1, 0.15) is 47.5 Å². The third-order valence-electron chi connectivity index (χ3n) is 3.34.